The van der Waals surface area contributed by atoms with Gasteiger partial charge in [0.05, 0.1) is 15.6 Å². The normalized spacial score (nSPS) is 10.8. The molecule has 0 saturated carbocycles. The second kappa shape index (κ2) is 9.90. The Morgan fingerprint density at radius 1 is 1.12 bits per heavy atom. The van der Waals surface area contributed by atoms with Gasteiger partial charge in [-0.15, -0.1) is 0 Å². The second-order valence-corrected chi connectivity index (χ2v) is 8.97. The molecule has 0 radical (unpaired) electrons. The standard InChI is InChI=1S/C23H17Br2N3O4S/c1-2-31-19-7-4-12(9-16(19)25)21(30)28-23(33)26-14-5-8-20-17(11-14)27-22(32-20)13-3-6-18(29)15(24)10-13/h3-11,29H,2H2,1H3,(H2,26,28,30,33). The quantitative estimate of drug-likeness (QED) is 0.236. The van der Waals surface area contributed by atoms with E-state index in [4.69, 9.17) is 21.4 Å². The van der Waals surface area contributed by atoms with E-state index < -0.39 is 0 Å². The predicted octanol–water partition coefficient (Wildman–Crippen LogP) is 6.25. The Kier molecular flexibility index (Phi) is 6.96. The van der Waals surface area contributed by atoms with Crippen molar-refractivity contribution in [1.29, 1.82) is 0 Å². The number of fused-ring (bicyclic) bond motifs is 1. The van der Waals surface area contributed by atoms with E-state index in [1.807, 2.05) is 6.92 Å². The highest BCUT2D eigenvalue weighted by atomic mass is 79.9. The maximum atomic E-state index is 12.5. The van der Waals surface area contributed by atoms with Crippen molar-refractivity contribution >= 4 is 71.9 Å². The number of halogens is 2. The van der Waals surface area contributed by atoms with Crippen LogP contribution in [0, 0.1) is 0 Å². The summed E-state index contributed by atoms with van der Waals surface area (Å²) in [5.74, 6) is 0.864. The first-order valence-electron chi connectivity index (χ1n) is 9.78. The second-order valence-electron chi connectivity index (χ2n) is 6.85. The van der Waals surface area contributed by atoms with Gasteiger partial charge < -0.3 is 19.6 Å². The molecule has 7 nitrogen and oxygen atoms in total. The Bertz CT molecular complexity index is 1370. The molecule has 0 atom stereocenters. The number of nitrogens with one attached hydrogen (secondary N) is 2. The van der Waals surface area contributed by atoms with E-state index in [-0.39, 0.29) is 16.8 Å². The molecule has 0 unspecified atom stereocenters. The van der Waals surface area contributed by atoms with Crippen LogP contribution < -0.4 is 15.4 Å². The number of amides is 1. The minimum Gasteiger partial charge on any atom is -0.507 e. The first-order valence-corrected chi connectivity index (χ1v) is 11.8. The molecule has 0 fully saturated rings. The van der Waals surface area contributed by atoms with Gasteiger partial charge in [0.15, 0.2) is 10.7 Å². The topological polar surface area (TPSA) is 96.6 Å². The van der Waals surface area contributed by atoms with Crippen molar-refractivity contribution in [2.45, 2.75) is 6.92 Å². The summed E-state index contributed by atoms with van der Waals surface area (Å²) in [5.41, 5.74) is 3.01. The monoisotopic (exact) mass is 589 g/mol. The fraction of sp³-hybridized carbons (Fsp3) is 0.0870. The van der Waals surface area contributed by atoms with Gasteiger partial charge in [-0.2, -0.15) is 0 Å². The lowest BCUT2D eigenvalue weighted by atomic mass is 10.2. The number of benzene rings is 3. The molecule has 0 spiro atoms. The molecular weight excluding hydrogens is 574 g/mol. The lowest BCUT2D eigenvalue weighted by Gasteiger charge is -2.11. The molecular formula is C23H17Br2N3O4S. The van der Waals surface area contributed by atoms with Gasteiger partial charge in [-0.05, 0) is 106 Å². The van der Waals surface area contributed by atoms with E-state index in [9.17, 15) is 9.90 Å². The average Bonchev–Trinajstić information content (AvgIpc) is 3.20. The molecule has 0 aliphatic heterocycles. The van der Waals surface area contributed by atoms with Gasteiger partial charge in [-0.25, -0.2) is 4.98 Å². The van der Waals surface area contributed by atoms with Crippen molar-refractivity contribution in [2.24, 2.45) is 0 Å². The van der Waals surface area contributed by atoms with Crippen molar-refractivity contribution < 1.29 is 19.1 Å². The van der Waals surface area contributed by atoms with Crippen LogP contribution in [-0.2, 0) is 0 Å². The van der Waals surface area contributed by atoms with Crippen LogP contribution in [0.25, 0.3) is 22.6 Å². The summed E-state index contributed by atoms with van der Waals surface area (Å²) >= 11 is 12.0. The van der Waals surface area contributed by atoms with Gasteiger partial charge in [0, 0.05) is 16.8 Å². The summed E-state index contributed by atoms with van der Waals surface area (Å²) in [6.45, 7) is 2.42. The number of phenols is 1. The Labute approximate surface area is 211 Å². The molecule has 0 saturated heterocycles. The van der Waals surface area contributed by atoms with Crippen LogP contribution in [0.5, 0.6) is 11.5 Å². The third kappa shape index (κ3) is 5.35. The van der Waals surface area contributed by atoms with Crippen molar-refractivity contribution in [3.05, 3.63) is 69.1 Å². The Hall–Kier alpha value is -2.95. The number of nitrogens with zero attached hydrogens (tertiary/aromatic N) is 1. The molecule has 168 valence electrons. The average molecular weight is 591 g/mol. The number of hydrogen-bond acceptors (Lipinski definition) is 6. The summed E-state index contributed by atoms with van der Waals surface area (Å²) < 4.78 is 12.5. The Morgan fingerprint density at radius 3 is 2.67 bits per heavy atom. The first kappa shape index (κ1) is 23.2. The van der Waals surface area contributed by atoms with Crippen LogP contribution in [0.4, 0.5) is 5.69 Å². The molecule has 3 N–H and O–H groups in total. The maximum absolute atomic E-state index is 12.5. The number of oxazole rings is 1. The third-order valence-corrected chi connectivity index (χ3v) is 6.02. The molecule has 4 aromatic rings. The van der Waals surface area contributed by atoms with Gasteiger partial charge in [-0.3, -0.25) is 10.1 Å². The number of aromatic nitrogens is 1. The summed E-state index contributed by atoms with van der Waals surface area (Å²) in [6, 6.07) is 15.4. The molecule has 0 aliphatic carbocycles. The van der Waals surface area contributed by atoms with Gasteiger partial charge >= 0.3 is 0 Å². The minimum atomic E-state index is -0.348. The van der Waals surface area contributed by atoms with Crippen LogP contribution in [0.2, 0.25) is 0 Å². The summed E-state index contributed by atoms with van der Waals surface area (Å²) in [7, 11) is 0. The molecule has 0 bridgehead atoms. The Balaban J connectivity index is 1.46. The van der Waals surface area contributed by atoms with Gasteiger partial charge in [0.2, 0.25) is 5.89 Å². The van der Waals surface area contributed by atoms with Crippen LogP contribution in [0.15, 0.2) is 68.0 Å². The molecule has 4 rings (SSSR count). The number of hydrogen-bond donors (Lipinski definition) is 3. The minimum absolute atomic E-state index is 0.134. The number of ether oxygens (including phenoxy) is 1. The van der Waals surface area contributed by atoms with Crippen molar-refractivity contribution in [1.82, 2.24) is 10.3 Å². The van der Waals surface area contributed by atoms with Crippen molar-refractivity contribution in [3.8, 4) is 23.0 Å². The van der Waals surface area contributed by atoms with Crippen molar-refractivity contribution in [2.75, 3.05) is 11.9 Å². The summed E-state index contributed by atoms with van der Waals surface area (Å²) in [4.78, 5) is 17.0. The van der Waals surface area contributed by atoms with Gasteiger partial charge in [0.1, 0.15) is 17.0 Å². The van der Waals surface area contributed by atoms with E-state index >= 15 is 0 Å². The predicted molar refractivity (Wildman–Crippen MR) is 138 cm³/mol. The number of aromatic hydroxyl groups is 1. The van der Waals surface area contributed by atoms with E-state index in [0.717, 1.165) is 5.56 Å². The largest absolute Gasteiger partial charge is 0.507 e. The summed E-state index contributed by atoms with van der Waals surface area (Å²) in [6.07, 6.45) is 0. The van der Waals surface area contributed by atoms with Crippen LogP contribution in [0.1, 0.15) is 17.3 Å². The van der Waals surface area contributed by atoms with E-state index in [1.165, 1.54) is 0 Å². The SMILES string of the molecule is CCOc1ccc(C(=O)NC(=S)Nc2ccc3oc(-c4ccc(O)c(Br)c4)nc3c2)cc1Br. The number of carbonyl (C=O) groups excluding carboxylic acids is 1. The fourth-order valence-corrected chi connectivity index (χ4v) is 4.10. The van der Waals surface area contributed by atoms with E-state index in [1.54, 1.807) is 54.6 Å². The molecule has 1 aromatic heterocycles. The van der Waals surface area contributed by atoms with E-state index in [2.05, 4.69) is 47.5 Å². The molecule has 1 heterocycles. The fourth-order valence-electron chi connectivity index (χ4n) is 3.02. The number of rotatable bonds is 5. The lowest BCUT2D eigenvalue weighted by Crippen LogP contribution is -2.34. The molecule has 10 heteroatoms. The number of phenolic OH excluding ortho intramolecular Hbond substituents is 1. The first-order chi connectivity index (χ1) is 15.8. The third-order valence-electron chi connectivity index (χ3n) is 4.56. The highest BCUT2D eigenvalue weighted by molar-refractivity contribution is 9.10. The number of carbonyl (C=O) groups is 1. The Morgan fingerprint density at radius 2 is 1.94 bits per heavy atom. The molecule has 33 heavy (non-hydrogen) atoms. The van der Waals surface area contributed by atoms with Gasteiger partial charge in [-0.1, -0.05) is 0 Å². The lowest BCUT2D eigenvalue weighted by molar-refractivity contribution is 0.0977. The zero-order valence-electron chi connectivity index (χ0n) is 17.2. The smallest absolute Gasteiger partial charge is 0.257 e. The van der Waals surface area contributed by atoms with Crippen molar-refractivity contribution in [3.63, 3.8) is 0 Å². The van der Waals surface area contributed by atoms with Gasteiger partial charge in [0.25, 0.3) is 5.91 Å². The number of anilines is 1. The highest BCUT2D eigenvalue weighted by Crippen LogP contribution is 2.31. The van der Waals surface area contributed by atoms with E-state index in [0.29, 0.717) is 49.5 Å². The molecule has 1 amide bonds. The van der Waals surface area contributed by atoms with Crippen LogP contribution in [-0.4, -0.2) is 27.7 Å². The zero-order valence-corrected chi connectivity index (χ0v) is 21.2. The molecule has 3 aromatic carbocycles. The molecule has 0 aliphatic rings. The van der Waals surface area contributed by atoms with Crippen LogP contribution >= 0.6 is 44.1 Å². The highest BCUT2D eigenvalue weighted by Gasteiger charge is 2.13. The summed E-state index contributed by atoms with van der Waals surface area (Å²) in [5, 5.41) is 15.5. The number of thiocarbonyl (C=S) groups is 1. The zero-order chi connectivity index (χ0) is 23.5. The maximum Gasteiger partial charge on any atom is 0.257 e. The van der Waals surface area contributed by atoms with Crippen LogP contribution in [0.3, 0.4) is 0 Å².